The highest BCUT2D eigenvalue weighted by molar-refractivity contribution is 7.09. The third-order valence-corrected chi connectivity index (χ3v) is 6.70. The predicted molar refractivity (Wildman–Crippen MR) is 119 cm³/mol. The summed E-state index contributed by atoms with van der Waals surface area (Å²) in [7, 11) is 3.15. The molecule has 2 aliphatic rings. The first kappa shape index (κ1) is 21.6. The van der Waals surface area contributed by atoms with Gasteiger partial charge in [0.1, 0.15) is 11.5 Å². The van der Waals surface area contributed by atoms with Gasteiger partial charge in [-0.3, -0.25) is 9.59 Å². The molecule has 2 amide bonds. The van der Waals surface area contributed by atoms with Crippen molar-refractivity contribution in [3.8, 4) is 11.5 Å². The fraction of sp³-hybridized carbons (Fsp3) is 0.478. The standard InChI is InChI=1S/C23H28N2O5S/c1-28-17-7-8-21(29-2)20(12-17)25-13-16(11-22(25)26)23(27)24(14-18-5-3-9-30-18)15-19-6-4-10-31-19/h4,6-8,10,12,16,18H,3,5,9,11,13-15H2,1-2H3. The zero-order valence-corrected chi connectivity index (χ0v) is 18.7. The van der Waals surface area contributed by atoms with Gasteiger partial charge in [-0.15, -0.1) is 11.3 Å². The van der Waals surface area contributed by atoms with Crippen molar-refractivity contribution in [1.82, 2.24) is 4.90 Å². The van der Waals surface area contributed by atoms with E-state index in [9.17, 15) is 9.59 Å². The Hall–Kier alpha value is -2.58. The van der Waals surface area contributed by atoms with Crippen molar-refractivity contribution >= 4 is 28.8 Å². The molecule has 3 heterocycles. The number of hydrogen-bond donors (Lipinski definition) is 0. The Morgan fingerprint density at radius 1 is 1.29 bits per heavy atom. The van der Waals surface area contributed by atoms with E-state index in [1.165, 1.54) is 0 Å². The first-order valence-corrected chi connectivity index (χ1v) is 11.4. The van der Waals surface area contributed by atoms with Crippen LogP contribution in [0.15, 0.2) is 35.7 Å². The van der Waals surface area contributed by atoms with E-state index in [0.29, 0.717) is 36.8 Å². The van der Waals surface area contributed by atoms with Crippen molar-refractivity contribution in [2.24, 2.45) is 5.92 Å². The summed E-state index contributed by atoms with van der Waals surface area (Å²) in [5.74, 6) is 0.734. The molecular formula is C23H28N2O5S. The Kier molecular flexibility index (Phi) is 6.77. The van der Waals surface area contributed by atoms with Gasteiger partial charge in [0.2, 0.25) is 11.8 Å². The molecule has 8 heteroatoms. The average Bonchev–Trinajstić information content (AvgIpc) is 3.55. The second-order valence-corrected chi connectivity index (χ2v) is 8.91. The van der Waals surface area contributed by atoms with Crippen LogP contribution in [0.5, 0.6) is 11.5 Å². The fourth-order valence-corrected chi connectivity index (χ4v) is 4.95. The van der Waals surface area contributed by atoms with Crippen LogP contribution in [0.2, 0.25) is 0 Å². The molecule has 4 rings (SSSR count). The maximum absolute atomic E-state index is 13.5. The van der Waals surface area contributed by atoms with Crippen molar-refractivity contribution in [2.75, 3.05) is 38.8 Å². The summed E-state index contributed by atoms with van der Waals surface area (Å²) in [6.07, 6.45) is 2.24. The van der Waals surface area contributed by atoms with Crippen molar-refractivity contribution in [2.45, 2.75) is 31.9 Å². The molecule has 2 aliphatic heterocycles. The molecule has 0 radical (unpaired) electrons. The number of amides is 2. The number of methoxy groups -OCH3 is 2. The Labute approximate surface area is 186 Å². The van der Waals surface area contributed by atoms with E-state index in [1.807, 2.05) is 22.4 Å². The van der Waals surface area contributed by atoms with E-state index in [2.05, 4.69) is 0 Å². The maximum atomic E-state index is 13.5. The lowest BCUT2D eigenvalue weighted by Gasteiger charge is -2.27. The first-order valence-electron chi connectivity index (χ1n) is 10.5. The molecule has 0 aliphatic carbocycles. The van der Waals surface area contributed by atoms with Crippen LogP contribution < -0.4 is 14.4 Å². The molecule has 0 saturated carbocycles. The number of hydrogen-bond acceptors (Lipinski definition) is 6. The second-order valence-electron chi connectivity index (χ2n) is 7.88. The van der Waals surface area contributed by atoms with Gasteiger partial charge in [0.15, 0.2) is 0 Å². The normalized spacial score (nSPS) is 20.8. The molecule has 31 heavy (non-hydrogen) atoms. The molecule has 2 atom stereocenters. The van der Waals surface area contributed by atoms with E-state index in [1.54, 1.807) is 48.7 Å². The number of carbonyl (C=O) groups excluding carboxylic acids is 2. The topological polar surface area (TPSA) is 68.3 Å². The van der Waals surface area contributed by atoms with E-state index in [0.717, 1.165) is 24.3 Å². The summed E-state index contributed by atoms with van der Waals surface area (Å²) in [4.78, 5) is 31.0. The van der Waals surface area contributed by atoms with Crippen LogP contribution in [0.4, 0.5) is 5.69 Å². The summed E-state index contributed by atoms with van der Waals surface area (Å²) < 4.78 is 16.5. The Bertz CT molecular complexity index is 911. The predicted octanol–water partition coefficient (Wildman–Crippen LogP) is 3.33. The van der Waals surface area contributed by atoms with Crippen LogP contribution in [-0.4, -0.2) is 56.7 Å². The highest BCUT2D eigenvalue weighted by Crippen LogP contribution is 2.36. The molecule has 2 unspecified atom stereocenters. The van der Waals surface area contributed by atoms with Gasteiger partial charge in [-0.1, -0.05) is 6.07 Å². The van der Waals surface area contributed by atoms with E-state index in [-0.39, 0.29) is 24.3 Å². The van der Waals surface area contributed by atoms with Gasteiger partial charge in [-0.2, -0.15) is 0 Å². The number of thiophene rings is 1. The molecule has 0 N–H and O–H groups in total. The van der Waals surface area contributed by atoms with Crippen LogP contribution in [0.1, 0.15) is 24.1 Å². The van der Waals surface area contributed by atoms with E-state index < -0.39 is 5.92 Å². The Morgan fingerprint density at radius 3 is 2.84 bits per heavy atom. The number of rotatable bonds is 8. The summed E-state index contributed by atoms with van der Waals surface area (Å²) in [5, 5.41) is 2.01. The van der Waals surface area contributed by atoms with Gasteiger partial charge >= 0.3 is 0 Å². The van der Waals surface area contributed by atoms with Crippen LogP contribution in [0.3, 0.4) is 0 Å². The molecule has 2 saturated heterocycles. The number of ether oxygens (including phenoxy) is 3. The van der Waals surface area contributed by atoms with Gasteiger partial charge in [-0.25, -0.2) is 0 Å². The largest absolute Gasteiger partial charge is 0.497 e. The minimum atomic E-state index is -0.398. The minimum Gasteiger partial charge on any atom is -0.497 e. The third kappa shape index (κ3) is 4.85. The summed E-state index contributed by atoms with van der Waals surface area (Å²) in [6, 6.07) is 9.37. The van der Waals surface area contributed by atoms with Crippen molar-refractivity contribution in [1.29, 1.82) is 0 Å². The zero-order chi connectivity index (χ0) is 21.8. The van der Waals surface area contributed by atoms with Crippen LogP contribution in [-0.2, 0) is 20.9 Å². The smallest absolute Gasteiger partial charge is 0.228 e. The number of nitrogens with zero attached hydrogens (tertiary/aromatic N) is 2. The zero-order valence-electron chi connectivity index (χ0n) is 17.9. The molecular weight excluding hydrogens is 416 g/mol. The molecule has 7 nitrogen and oxygen atoms in total. The molecule has 166 valence electrons. The number of carbonyl (C=O) groups is 2. The molecule has 1 aromatic carbocycles. The van der Waals surface area contributed by atoms with Crippen LogP contribution in [0, 0.1) is 5.92 Å². The Morgan fingerprint density at radius 2 is 2.16 bits per heavy atom. The molecule has 0 spiro atoms. The molecule has 2 fully saturated rings. The Balaban J connectivity index is 1.52. The number of benzene rings is 1. The number of anilines is 1. The lowest BCUT2D eigenvalue weighted by atomic mass is 10.1. The van der Waals surface area contributed by atoms with Gasteiger partial charge < -0.3 is 24.0 Å². The van der Waals surface area contributed by atoms with Crippen LogP contribution >= 0.6 is 11.3 Å². The van der Waals surface area contributed by atoms with Crippen molar-refractivity contribution in [3.05, 3.63) is 40.6 Å². The lowest BCUT2D eigenvalue weighted by Crippen LogP contribution is -2.41. The summed E-state index contributed by atoms with van der Waals surface area (Å²) >= 11 is 1.63. The highest BCUT2D eigenvalue weighted by atomic mass is 32.1. The van der Waals surface area contributed by atoms with Gasteiger partial charge in [0.25, 0.3) is 0 Å². The first-order chi connectivity index (χ1) is 15.1. The van der Waals surface area contributed by atoms with Gasteiger partial charge in [0.05, 0.1) is 38.5 Å². The van der Waals surface area contributed by atoms with Crippen LogP contribution in [0.25, 0.3) is 0 Å². The third-order valence-electron chi connectivity index (χ3n) is 5.84. The van der Waals surface area contributed by atoms with E-state index in [4.69, 9.17) is 14.2 Å². The van der Waals surface area contributed by atoms with Gasteiger partial charge in [0, 0.05) is 37.1 Å². The highest BCUT2D eigenvalue weighted by Gasteiger charge is 2.39. The second kappa shape index (κ2) is 9.70. The van der Waals surface area contributed by atoms with E-state index >= 15 is 0 Å². The monoisotopic (exact) mass is 444 g/mol. The molecule has 2 aromatic rings. The average molecular weight is 445 g/mol. The van der Waals surface area contributed by atoms with Crippen molar-refractivity contribution in [3.63, 3.8) is 0 Å². The quantitative estimate of drug-likeness (QED) is 0.625. The SMILES string of the molecule is COc1ccc(OC)c(N2CC(C(=O)N(Cc3cccs3)CC3CCCO3)CC2=O)c1. The molecule has 0 bridgehead atoms. The summed E-state index contributed by atoms with van der Waals surface area (Å²) in [5.41, 5.74) is 0.631. The van der Waals surface area contributed by atoms with Crippen molar-refractivity contribution < 1.29 is 23.8 Å². The van der Waals surface area contributed by atoms with Gasteiger partial charge in [-0.05, 0) is 36.4 Å². The fourth-order valence-electron chi connectivity index (χ4n) is 4.23. The summed E-state index contributed by atoms with van der Waals surface area (Å²) in [6.45, 7) is 2.18. The maximum Gasteiger partial charge on any atom is 0.228 e. The molecule has 1 aromatic heterocycles. The lowest BCUT2D eigenvalue weighted by molar-refractivity contribution is -0.138. The minimum absolute atomic E-state index is 0.00149.